The molecule has 2 amide bonds. The molecule has 0 aromatic carbocycles. The molecule has 0 bridgehead atoms. The molecule has 124 valence electrons. The zero-order chi connectivity index (χ0) is 16.4. The van der Waals surface area contributed by atoms with Crippen LogP contribution in [0.5, 0.6) is 0 Å². The number of anilines is 1. The quantitative estimate of drug-likeness (QED) is 0.740. The van der Waals surface area contributed by atoms with Gasteiger partial charge in [0.25, 0.3) is 0 Å². The van der Waals surface area contributed by atoms with E-state index in [1.54, 1.807) is 28.3 Å². The number of thiophene rings is 1. The molecule has 0 aliphatic carbocycles. The van der Waals surface area contributed by atoms with Gasteiger partial charge in [-0.25, -0.2) is 9.48 Å². The Morgan fingerprint density at radius 3 is 3.17 bits per heavy atom. The highest BCUT2D eigenvalue weighted by atomic mass is 32.1. The molecule has 0 radical (unpaired) electrons. The highest BCUT2D eigenvalue weighted by Gasteiger charge is 2.17. The van der Waals surface area contributed by atoms with Crippen molar-refractivity contribution >= 4 is 23.2 Å². The molecule has 0 saturated heterocycles. The average Bonchev–Trinajstić information content (AvgIpc) is 3.32. The van der Waals surface area contributed by atoms with Gasteiger partial charge in [-0.1, -0.05) is 6.07 Å². The molecule has 1 aliphatic heterocycles. The largest absolute Gasteiger partial charge is 0.331 e. The van der Waals surface area contributed by atoms with Crippen LogP contribution >= 0.6 is 11.3 Å². The highest BCUT2D eigenvalue weighted by molar-refractivity contribution is 7.09. The molecule has 0 fully saturated rings. The number of aromatic nitrogens is 5. The van der Waals surface area contributed by atoms with Gasteiger partial charge in [-0.3, -0.25) is 5.32 Å². The van der Waals surface area contributed by atoms with E-state index in [0.717, 1.165) is 31.0 Å². The number of nitrogens with zero attached hydrogens (tertiary/aromatic N) is 5. The van der Waals surface area contributed by atoms with Gasteiger partial charge in [0.15, 0.2) is 5.82 Å². The first-order valence-electron chi connectivity index (χ1n) is 7.79. The molecule has 0 atom stereocenters. The zero-order valence-electron chi connectivity index (χ0n) is 13.0. The Balaban J connectivity index is 1.35. The van der Waals surface area contributed by atoms with Crippen LogP contribution in [0.4, 0.5) is 10.6 Å². The summed E-state index contributed by atoms with van der Waals surface area (Å²) < 4.78 is 3.83. The van der Waals surface area contributed by atoms with Gasteiger partial charge in [-0.05, 0) is 17.9 Å². The van der Waals surface area contributed by atoms with Crippen LogP contribution in [0, 0.1) is 0 Å². The number of amides is 2. The molecule has 24 heavy (non-hydrogen) atoms. The predicted molar refractivity (Wildman–Crippen MR) is 89.8 cm³/mol. The number of nitrogens with one attached hydrogen (secondary N) is 2. The minimum Gasteiger partial charge on any atom is -0.331 e. The molecule has 4 heterocycles. The lowest BCUT2D eigenvalue weighted by Crippen LogP contribution is -2.30. The van der Waals surface area contributed by atoms with Gasteiger partial charge in [-0.2, -0.15) is 5.10 Å². The molecule has 0 spiro atoms. The summed E-state index contributed by atoms with van der Waals surface area (Å²) >= 11 is 1.66. The van der Waals surface area contributed by atoms with E-state index in [4.69, 9.17) is 0 Å². The maximum Gasteiger partial charge on any atom is 0.320 e. The van der Waals surface area contributed by atoms with Crippen LogP contribution in [0.1, 0.15) is 22.9 Å². The Kier molecular flexibility index (Phi) is 3.99. The molecule has 0 saturated carbocycles. The summed E-state index contributed by atoms with van der Waals surface area (Å²) in [5.74, 6) is 2.46. The summed E-state index contributed by atoms with van der Waals surface area (Å²) in [4.78, 5) is 13.3. The number of hydrogen-bond donors (Lipinski definition) is 2. The Labute approximate surface area is 142 Å². The van der Waals surface area contributed by atoms with E-state index in [1.165, 1.54) is 4.88 Å². The fourth-order valence-corrected chi connectivity index (χ4v) is 3.46. The first-order chi connectivity index (χ1) is 11.8. The van der Waals surface area contributed by atoms with E-state index >= 15 is 0 Å². The predicted octanol–water partition coefficient (Wildman–Crippen LogP) is 1.85. The van der Waals surface area contributed by atoms with E-state index in [0.29, 0.717) is 18.9 Å². The molecule has 3 aromatic heterocycles. The van der Waals surface area contributed by atoms with Crippen molar-refractivity contribution in [1.29, 1.82) is 0 Å². The van der Waals surface area contributed by atoms with Gasteiger partial charge in [0.05, 0.1) is 19.3 Å². The zero-order valence-corrected chi connectivity index (χ0v) is 13.8. The third-order valence-electron chi connectivity index (χ3n) is 3.94. The van der Waals surface area contributed by atoms with Crippen LogP contribution in [0.3, 0.4) is 0 Å². The van der Waals surface area contributed by atoms with E-state index in [9.17, 15) is 4.79 Å². The second-order valence-electron chi connectivity index (χ2n) is 5.55. The molecular weight excluding hydrogens is 326 g/mol. The Morgan fingerprint density at radius 1 is 1.33 bits per heavy atom. The number of urea groups is 1. The van der Waals surface area contributed by atoms with Gasteiger partial charge >= 0.3 is 6.03 Å². The molecule has 4 rings (SSSR count). The topological polar surface area (TPSA) is 89.7 Å². The van der Waals surface area contributed by atoms with Crippen molar-refractivity contribution in [2.45, 2.75) is 32.5 Å². The standard InChI is InChI=1S/C15H17N7OS/c23-15(16-9-14-20-19-13-4-1-7-21(13)14)18-12-5-6-17-22(12)10-11-3-2-8-24-11/h2-3,5-6,8H,1,4,7,9-10H2,(H2,16,18,23). The van der Waals surface area contributed by atoms with Crippen molar-refractivity contribution in [3.63, 3.8) is 0 Å². The number of fused-ring (bicyclic) bond motifs is 1. The minimum absolute atomic E-state index is 0.279. The molecule has 9 heteroatoms. The van der Waals surface area contributed by atoms with Crippen LogP contribution < -0.4 is 10.6 Å². The molecule has 1 aliphatic rings. The van der Waals surface area contributed by atoms with E-state index in [2.05, 4.69) is 30.5 Å². The number of carbonyl (C=O) groups is 1. The molecule has 0 unspecified atom stereocenters. The molecular formula is C15H17N7OS. The van der Waals surface area contributed by atoms with Crippen molar-refractivity contribution in [2.24, 2.45) is 0 Å². The smallest absolute Gasteiger partial charge is 0.320 e. The highest BCUT2D eigenvalue weighted by Crippen LogP contribution is 2.15. The van der Waals surface area contributed by atoms with Crippen molar-refractivity contribution in [3.05, 3.63) is 46.3 Å². The Hall–Kier alpha value is -2.68. The summed E-state index contributed by atoms with van der Waals surface area (Å²) in [5, 5.41) is 20.2. The van der Waals surface area contributed by atoms with Gasteiger partial charge in [0, 0.05) is 23.9 Å². The van der Waals surface area contributed by atoms with Crippen molar-refractivity contribution < 1.29 is 4.79 Å². The number of aryl methyl sites for hydroxylation is 1. The number of hydrogen-bond acceptors (Lipinski definition) is 5. The van der Waals surface area contributed by atoms with Crippen LogP contribution in [0.25, 0.3) is 0 Å². The molecule has 2 N–H and O–H groups in total. The molecule has 8 nitrogen and oxygen atoms in total. The average molecular weight is 343 g/mol. The second kappa shape index (κ2) is 6.44. The SMILES string of the molecule is O=C(NCc1nnc2n1CCC2)Nc1ccnn1Cc1cccs1. The number of carbonyl (C=O) groups excluding carboxylic acids is 1. The van der Waals surface area contributed by atoms with Gasteiger partial charge in [0.1, 0.15) is 11.6 Å². The summed E-state index contributed by atoms with van der Waals surface area (Å²) in [6.07, 6.45) is 3.72. The summed E-state index contributed by atoms with van der Waals surface area (Å²) in [6.45, 7) is 1.92. The third-order valence-corrected chi connectivity index (χ3v) is 4.80. The maximum atomic E-state index is 12.1. The lowest BCUT2D eigenvalue weighted by Gasteiger charge is -2.09. The van der Waals surface area contributed by atoms with Crippen LogP contribution in [0.15, 0.2) is 29.8 Å². The van der Waals surface area contributed by atoms with Crippen LogP contribution in [-0.4, -0.2) is 30.6 Å². The van der Waals surface area contributed by atoms with Crippen molar-refractivity contribution in [2.75, 3.05) is 5.32 Å². The summed E-state index contributed by atoms with van der Waals surface area (Å²) in [6, 6.07) is 5.54. The first kappa shape index (κ1) is 14.9. The van der Waals surface area contributed by atoms with E-state index in [1.807, 2.05) is 17.5 Å². The van der Waals surface area contributed by atoms with E-state index < -0.39 is 0 Å². The lowest BCUT2D eigenvalue weighted by molar-refractivity contribution is 0.251. The van der Waals surface area contributed by atoms with E-state index in [-0.39, 0.29) is 6.03 Å². The second-order valence-corrected chi connectivity index (χ2v) is 6.58. The summed E-state index contributed by atoms with van der Waals surface area (Å²) in [7, 11) is 0. The van der Waals surface area contributed by atoms with Crippen LogP contribution in [-0.2, 0) is 26.1 Å². The van der Waals surface area contributed by atoms with Crippen molar-refractivity contribution in [1.82, 2.24) is 29.9 Å². The monoisotopic (exact) mass is 343 g/mol. The number of rotatable bonds is 5. The Bertz CT molecular complexity index is 836. The van der Waals surface area contributed by atoms with Crippen LogP contribution in [0.2, 0.25) is 0 Å². The fourth-order valence-electron chi connectivity index (χ4n) is 2.78. The van der Waals surface area contributed by atoms with Gasteiger partial charge in [0.2, 0.25) is 0 Å². The first-order valence-corrected chi connectivity index (χ1v) is 8.67. The van der Waals surface area contributed by atoms with Gasteiger partial charge in [-0.15, -0.1) is 21.5 Å². The lowest BCUT2D eigenvalue weighted by atomic mass is 10.4. The maximum absolute atomic E-state index is 12.1. The Morgan fingerprint density at radius 2 is 2.29 bits per heavy atom. The minimum atomic E-state index is -0.279. The summed E-state index contributed by atoms with van der Waals surface area (Å²) in [5.41, 5.74) is 0. The van der Waals surface area contributed by atoms with Crippen molar-refractivity contribution in [3.8, 4) is 0 Å². The molecule has 3 aromatic rings. The third kappa shape index (κ3) is 3.02. The fraction of sp³-hybridized carbons (Fsp3) is 0.333. The van der Waals surface area contributed by atoms with Gasteiger partial charge < -0.3 is 9.88 Å². The normalized spacial score (nSPS) is 13.0.